The lowest BCUT2D eigenvalue weighted by Gasteiger charge is -2.31. The molecule has 5 heteroatoms. The lowest BCUT2D eigenvalue weighted by molar-refractivity contribution is 0.0704. The molecule has 0 aromatic heterocycles. The topological polar surface area (TPSA) is 55.6 Å². The molecule has 1 aliphatic rings. The average Bonchev–Trinajstić information content (AvgIpc) is 2.39. The zero-order valence-corrected chi connectivity index (χ0v) is 12.0. The first-order chi connectivity index (χ1) is 8.72. The van der Waals surface area contributed by atoms with Gasteiger partial charge in [0.1, 0.15) is 5.75 Å². The summed E-state index contributed by atoms with van der Waals surface area (Å²) in [4.78, 5) is 14.3. The predicted molar refractivity (Wildman–Crippen MR) is 78.0 cm³/mol. The van der Waals surface area contributed by atoms with Gasteiger partial charge in [0.05, 0.1) is 12.2 Å². The Kier molecular flexibility index (Phi) is 6.12. The van der Waals surface area contributed by atoms with Crippen LogP contribution >= 0.6 is 12.4 Å². The van der Waals surface area contributed by atoms with Gasteiger partial charge >= 0.3 is 0 Å². The minimum atomic E-state index is 0. The number of rotatable bonds is 3. The van der Waals surface area contributed by atoms with Crippen molar-refractivity contribution in [3.63, 3.8) is 0 Å². The van der Waals surface area contributed by atoms with Gasteiger partial charge in [-0.05, 0) is 31.9 Å². The average molecular weight is 285 g/mol. The zero-order chi connectivity index (χ0) is 13.0. The van der Waals surface area contributed by atoms with Crippen molar-refractivity contribution >= 4 is 18.3 Å². The lowest BCUT2D eigenvalue weighted by atomic mass is 10.0. The Balaban J connectivity index is 0.00000180. The summed E-state index contributed by atoms with van der Waals surface area (Å²) in [7, 11) is 0. The van der Waals surface area contributed by atoms with Crippen molar-refractivity contribution < 1.29 is 9.53 Å². The molecule has 1 saturated heterocycles. The molecule has 1 atom stereocenters. The second-order valence-corrected chi connectivity index (χ2v) is 4.58. The van der Waals surface area contributed by atoms with Crippen LogP contribution in [-0.4, -0.2) is 36.5 Å². The Morgan fingerprint density at radius 2 is 2.21 bits per heavy atom. The van der Waals surface area contributed by atoms with Crippen molar-refractivity contribution in [3.05, 3.63) is 29.8 Å². The maximum atomic E-state index is 12.4. The van der Waals surface area contributed by atoms with E-state index in [0.29, 0.717) is 24.5 Å². The van der Waals surface area contributed by atoms with E-state index in [2.05, 4.69) is 0 Å². The first-order valence-electron chi connectivity index (χ1n) is 6.49. The van der Waals surface area contributed by atoms with Gasteiger partial charge in [0.15, 0.2) is 0 Å². The zero-order valence-electron chi connectivity index (χ0n) is 11.2. The third-order valence-corrected chi connectivity index (χ3v) is 3.16. The van der Waals surface area contributed by atoms with Crippen molar-refractivity contribution in [1.82, 2.24) is 4.90 Å². The molecule has 1 aromatic carbocycles. The number of likely N-dealkylation sites (tertiary alicyclic amines) is 1. The van der Waals surface area contributed by atoms with Crippen LogP contribution in [0.5, 0.6) is 5.75 Å². The molecule has 1 aliphatic heterocycles. The van der Waals surface area contributed by atoms with Gasteiger partial charge in [-0.2, -0.15) is 0 Å². The van der Waals surface area contributed by atoms with Gasteiger partial charge in [0, 0.05) is 19.1 Å². The second-order valence-electron chi connectivity index (χ2n) is 4.58. The summed E-state index contributed by atoms with van der Waals surface area (Å²) in [6.07, 6.45) is 1.97. The molecule has 1 unspecified atom stereocenters. The van der Waals surface area contributed by atoms with E-state index in [0.717, 1.165) is 19.4 Å². The quantitative estimate of drug-likeness (QED) is 0.924. The van der Waals surface area contributed by atoms with E-state index >= 15 is 0 Å². The molecule has 1 heterocycles. The van der Waals surface area contributed by atoms with E-state index in [1.807, 2.05) is 36.1 Å². The fourth-order valence-electron chi connectivity index (χ4n) is 2.29. The van der Waals surface area contributed by atoms with E-state index in [1.165, 1.54) is 0 Å². The van der Waals surface area contributed by atoms with Crippen LogP contribution in [0.4, 0.5) is 0 Å². The molecule has 2 rings (SSSR count). The van der Waals surface area contributed by atoms with Crippen LogP contribution in [0.25, 0.3) is 0 Å². The highest BCUT2D eigenvalue weighted by atomic mass is 35.5. The number of ether oxygens (including phenoxy) is 1. The minimum absolute atomic E-state index is 0. The summed E-state index contributed by atoms with van der Waals surface area (Å²) < 4.78 is 5.50. The van der Waals surface area contributed by atoms with E-state index in [9.17, 15) is 4.79 Å². The molecule has 1 fully saturated rings. The Bertz CT molecular complexity index is 426. The van der Waals surface area contributed by atoms with Gasteiger partial charge in [-0.3, -0.25) is 4.79 Å². The molecular weight excluding hydrogens is 264 g/mol. The fraction of sp³-hybridized carbons (Fsp3) is 0.500. The number of piperidine rings is 1. The van der Waals surface area contributed by atoms with Crippen LogP contribution in [-0.2, 0) is 0 Å². The molecule has 106 valence electrons. The molecule has 2 N–H and O–H groups in total. The lowest BCUT2D eigenvalue weighted by Crippen LogP contribution is -2.45. The number of nitrogens with two attached hydrogens (primary N) is 1. The van der Waals surface area contributed by atoms with Crippen molar-refractivity contribution in [2.45, 2.75) is 25.8 Å². The summed E-state index contributed by atoms with van der Waals surface area (Å²) in [6.45, 7) is 3.90. The second kappa shape index (κ2) is 7.36. The summed E-state index contributed by atoms with van der Waals surface area (Å²) in [5.41, 5.74) is 6.55. The SMILES string of the molecule is CCOc1ccccc1C(=O)N1CCCC(N)C1.Cl. The van der Waals surface area contributed by atoms with Crippen LogP contribution in [0, 0.1) is 0 Å². The molecule has 4 nitrogen and oxygen atoms in total. The van der Waals surface area contributed by atoms with Gasteiger partial charge in [0.2, 0.25) is 0 Å². The number of halogens is 1. The van der Waals surface area contributed by atoms with Crippen molar-refractivity contribution in [3.8, 4) is 5.75 Å². The van der Waals surface area contributed by atoms with Crippen molar-refractivity contribution in [1.29, 1.82) is 0 Å². The number of carbonyl (C=O) groups excluding carboxylic acids is 1. The highest BCUT2D eigenvalue weighted by Gasteiger charge is 2.24. The highest BCUT2D eigenvalue weighted by molar-refractivity contribution is 5.97. The summed E-state index contributed by atoms with van der Waals surface area (Å²) in [6, 6.07) is 7.49. The van der Waals surface area contributed by atoms with Crippen LogP contribution in [0.15, 0.2) is 24.3 Å². The van der Waals surface area contributed by atoms with Crippen LogP contribution in [0.1, 0.15) is 30.1 Å². The van der Waals surface area contributed by atoms with Gasteiger partial charge in [-0.1, -0.05) is 12.1 Å². The number of hydrogen-bond acceptors (Lipinski definition) is 3. The first-order valence-corrected chi connectivity index (χ1v) is 6.49. The molecular formula is C14H21ClN2O2. The normalized spacial score (nSPS) is 18.6. The van der Waals surface area contributed by atoms with Gasteiger partial charge in [-0.25, -0.2) is 0 Å². The molecule has 0 radical (unpaired) electrons. The highest BCUT2D eigenvalue weighted by Crippen LogP contribution is 2.21. The molecule has 19 heavy (non-hydrogen) atoms. The molecule has 0 saturated carbocycles. The van der Waals surface area contributed by atoms with Gasteiger partial charge < -0.3 is 15.4 Å². The smallest absolute Gasteiger partial charge is 0.257 e. The van der Waals surface area contributed by atoms with Gasteiger partial charge in [-0.15, -0.1) is 12.4 Å². The molecule has 1 aromatic rings. The predicted octanol–water partition coefficient (Wildman–Crippen LogP) is 2.07. The van der Waals surface area contributed by atoms with Crippen LogP contribution in [0.3, 0.4) is 0 Å². The minimum Gasteiger partial charge on any atom is -0.493 e. The van der Waals surface area contributed by atoms with Gasteiger partial charge in [0.25, 0.3) is 5.91 Å². The largest absolute Gasteiger partial charge is 0.493 e. The number of amides is 1. The van der Waals surface area contributed by atoms with E-state index in [-0.39, 0.29) is 24.4 Å². The Hall–Kier alpha value is -1.26. The molecule has 1 amide bonds. The van der Waals surface area contributed by atoms with Crippen LogP contribution in [0.2, 0.25) is 0 Å². The van der Waals surface area contributed by atoms with E-state index < -0.39 is 0 Å². The molecule has 0 spiro atoms. The van der Waals surface area contributed by atoms with Crippen molar-refractivity contribution in [2.24, 2.45) is 5.73 Å². The number of nitrogens with zero attached hydrogens (tertiary/aromatic N) is 1. The Morgan fingerprint density at radius 3 is 2.89 bits per heavy atom. The number of carbonyl (C=O) groups is 1. The third-order valence-electron chi connectivity index (χ3n) is 3.16. The fourth-order valence-corrected chi connectivity index (χ4v) is 2.29. The first kappa shape index (κ1) is 15.8. The van der Waals surface area contributed by atoms with E-state index in [1.54, 1.807) is 0 Å². The van der Waals surface area contributed by atoms with Crippen molar-refractivity contribution in [2.75, 3.05) is 19.7 Å². The van der Waals surface area contributed by atoms with E-state index in [4.69, 9.17) is 10.5 Å². The maximum Gasteiger partial charge on any atom is 0.257 e. The number of benzene rings is 1. The summed E-state index contributed by atoms with van der Waals surface area (Å²) in [5.74, 6) is 0.679. The molecule has 0 aliphatic carbocycles. The molecule has 0 bridgehead atoms. The number of para-hydroxylation sites is 1. The Labute approximate surface area is 120 Å². The maximum absolute atomic E-state index is 12.4. The third kappa shape index (κ3) is 3.85. The standard InChI is InChI=1S/C14H20N2O2.ClH/c1-2-18-13-8-4-3-7-12(13)14(17)16-9-5-6-11(15)10-16;/h3-4,7-8,11H,2,5-6,9-10,15H2,1H3;1H. The summed E-state index contributed by atoms with van der Waals surface area (Å²) >= 11 is 0. The van der Waals surface area contributed by atoms with Crippen LogP contribution < -0.4 is 10.5 Å². The monoisotopic (exact) mass is 284 g/mol. The Morgan fingerprint density at radius 1 is 1.47 bits per heavy atom. The number of hydrogen-bond donors (Lipinski definition) is 1. The summed E-state index contributed by atoms with van der Waals surface area (Å²) in [5, 5.41) is 0.